The molecule has 1 aromatic heterocycles. The zero-order valence-electron chi connectivity index (χ0n) is 14.9. The number of aromatic nitrogens is 2. The van der Waals surface area contributed by atoms with Gasteiger partial charge >= 0.3 is 0 Å². The van der Waals surface area contributed by atoms with Crippen molar-refractivity contribution in [1.29, 1.82) is 0 Å². The average Bonchev–Trinajstić information content (AvgIpc) is 3.02. The Morgan fingerprint density at radius 2 is 1.85 bits per heavy atom. The molecule has 0 saturated heterocycles. The van der Waals surface area contributed by atoms with E-state index in [-0.39, 0.29) is 5.56 Å². The molecule has 8 heteroatoms. The largest absolute Gasteiger partial charge is 0.507 e. The molecule has 140 valence electrons. The van der Waals surface area contributed by atoms with Gasteiger partial charge in [-0.15, -0.1) is 0 Å². The Labute approximate surface area is 170 Å². The van der Waals surface area contributed by atoms with Gasteiger partial charge in [0.25, 0.3) is 5.91 Å². The Morgan fingerprint density at radius 1 is 1.22 bits per heavy atom. The summed E-state index contributed by atoms with van der Waals surface area (Å²) in [7, 11) is 0. The molecule has 0 aliphatic rings. The molecule has 0 spiro atoms. The van der Waals surface area contributed by atoms with Crippen LogP contribution in [0.4, 0.5) is 17.3 Å². The van der Waals surface area contributed by atoms with Crippen molar-refractivity contribution in [3.05, 3.63) is 62.2 Å². The van der Waals surface area contributed by atoms with Crippen LogP contribution in [0.1, 0.15) is 27.0 Å². The van der Waals surface area contributed by atoms with Crippen molar-refractivity contribution in [3.8, 4) is 5.75 Å². The van der Waals surface area contributed by atoms with Gasteiger partial charge in [-0.3, -0.25) is 9.89 Å². The van der Waals surface area contributed by atoms with E-state index < -0.39 is 5.91 Å². The molecule has 0 atom stereocenters. The SMILES string of the molecule is Cc1cc(CNc2[nH]nc(Nc3ccc(I)cc3)c2C(N)=O)cc(C)c1O. The summed E-state index contributed by atoms with van der Waals surface area (Å²) in [6.45, 7) is 4.15. The number of aromatic hydroxyl groups is 1. The zero-order chi connectivity index (χ0) is 19.6. The lowest BCUT2D eigenvalue weighted by Gasteiger charge is -2.10. The van der Waals surface area contributed by atoms with Crippen LogP contribution in [0.3, 0.4) is 0 Å². The average molecular weight is 477 g/mol. The van der Waals surface area contributed by atoms with Crippen LogP contribution >= 0.6 is 22.6 Å². The van der Waals surface area contributed by atoms with Crippen LogP contribution < -0.4 is 16.4 Å². The minimum Gasteiger partial charge on any atom is -0.507 e. The fourth-order valence-electron chi connectivity index (χ4n) is 2.81. The Kier molecular flexibility index (Phi) is 5.54. The van der Waals surface area contributed by atoms with Crippen molar-refractivity contribution in [3.63, 3.8) is 0 Å². The highest BCUT2D eigenvalue weighted by atomic mass is 127. The predicted molar refractivity (Wildman–Crippen MR) is 114 cm³/mol. The number of halogens is 1. The van der Waals surface area contributed by atoms with Crippen molar-refractivity contribution in [1.82, 2.24) is 10.2 Å². The van der Waals surface area contributed by atoms with Crippen LogP contribution in [-0.4, -0.2) is 21.2 Å². The number of rotatable bonds is 6. The number of H-pyrrole nitrogens is 1. The van der Waals surface area contributed by atoms with Gasteiger partial charge in [-0.25, -0.2) is 0 Å². The summed E-state index contributed by atoms with van der Waals surface area (Å²) in [5, 5.41) is 23.1. The second-order valence-electron chi connectivity index (χ2n) is 6.25. The fourth-order valence-corrected chi connectivity index (χ4v) is 3.17. The van der Waals surface area contributed by atoms with Crippen molar-refractivity contribution in [2.75, 3.05) is 10.6 Å². The van der Waals surface area contributed by atoms with E-state index in [2.05, 4.69) is 43.4 Å². The Morgan fingerprint density at radius 3 is 2.44 bits per heavy atom. The van der Waals surface area contributed by atoms with E-state index in [1.165, 1.54) is 0 Å². The number of amides is 1. The van der Waals surface area contributed by atoms with Gasteiger partial charge in [0, 0.05) is 15.8 Å². The van der Waals surface area contributed by atoms with Crippen LogP contribution in [0.25, 0.3) is 0 Å². The number of carbonyl (C=O) groups is 1. The van der Waals surface area contributed by atoms with E-state index in [0.29, 0.717) is 23.9 Å². The third-order valence-corrected chi connectivity index (χ3v) is 4.86. The number of nitrogens with two attached hydrogens (primary N) is 1. The first-order valence-corrected chi connectivity index (χ1v) is 9.36. The minimum atomic E-state index is -0.586. The molecule has 7 nitrogen and oxygen atoms in total. The molecular weight excluding hydrogens is 457 g/mol. The molecule has 0 aliphatic carbocycles. The number of carbonyl (C=O) groups excluding carboxylic acids is 1. The van der Waals surface area contributed by atoms with Gasteiger partial charge in [-0.1, -0.05) is 12.1 Å². The number of nitrogens with one attached hydrogen (secondary N) is 3. The van der Waals surface area contributed by atoms with E-state index in [9.17, 15) is 9.90 Å². The molecule has 0 aliphatic heterocycles. The number of phenols is 1. The summed E-state index contributed by atoms with van der Waals surface area (Å²) >= 11 is 2.22. The normalized spacial score (nSPS) is 10.6. The third kappa shape index (κ3) is 4.33. The Hall–Kier alpha value is -2.75. The van der Waals surface area contributed by atoms with Crippen molar-refractivity contribution in [2.45, 2.75) is 20.4 Å². The Balaban J connectivity index is 1.81. The molecule has 0 saturated carbocycles. The first-order valence-electron chi connectivity index (χ1n) is 8.29. The number of primary amides is 1. The van der Waals surface area contributed by atoms with Gasteiger partial charge in [-0.05, 0) is 77.4 Å². The molecule has 2 aromatic carbocycles. The van der Waals surface area contributed by atoms with Crippen molar-refractivity contribution < 1.29 is 9.90 Å². The van der Waals surface area contributed by atoms with E-state index in [4.69, 9.17) is 5.73 Å². The first kappa shape index (κ1) is 19.0. The lowest BCUT2D eigenvalue weighted by atomic mass is 10.1. The first-order chi connectivity index (χ1) is 12.8. The van der Waals surface area contributed by atoms with Gasteiger partial charge in [-0.2, -0.15) is 5.10 Å². The van der Waals surface area contributed by atoms with Crippen LogP contribution in [0.5, 0.6) is 5.75 Å². The minimum absolute atomic E-state index is 0.265. The van der Waals surface area contributed by atoms with E-state index in [1.807, 2.05) is 50.2 Å². The maximum atomic E-state index is 12.0. The molecule has 6 N–H and O–H groups in total. The molecule has 0 unspecified atom stereocenters. The lowest BCUT2D eigenvalue weighted by Crippen LogP contribution is -2.15. The summed E-state index contributed by atoms with van der Waals surface area (Å²) in [6, 6.07) is 11.5. The molecule has 0 bridgehead atoms. The van der Waals surface area contributed by atoms with Gasteiger partial charge in [0.2, 0.25) is 0 Å². The quantitative estimate of drug-likeness (QED) is 0.347. The molecule has 1 heterocycles. The number of phenolic OH excluding ortho intramolecular Hbond substituents is 1. The molecule has 0 fully saturated rings. The standard InChI is InChI=1S/C19H20IN5O2/c1-10-7-12(8-11(2)16(10)26)9-22-18-15(17(21)27)19(25-24-18)23-14-5-3-13(20)4-6-14/h3-8,26H,9H2,1-2H3,(H2,21,27)(H3,22,23,24,25). The number of nitrogens with zero attached hydrogens (tertiary/aromatic N) is 1. The van der Waals surface area contributed by atoms with Crippen LogP contribution in [0.2, 0.25) is 0 Å². The van der Waals surface area contributed by atoms with Crippen molar-refractivity contribution >= 4 is 45.8 Å². The van der Waals surface area contributed by atoms with E-state index >= 15 is 0 Å². The maximum Gasteiger partial charge on any atom is 0.256 e. The molecular formula is C19H20IN5O2. The number of aryl methyl sites for hydroxylation is 2. The van der Waals surface area contributed by atoms with Gasteiger partial charge in [0.05, 0.1) is 0 Å². The summed E-state index contributed by atoms with van der Waals surface area (Å²) in [4.78, 5) is 12.0. The van der Waals surface area contributed by atoms with Gasteiger partial charge in [0.15, 0.2) is 5.82 Å². The van der Waals surface area contributed by atoms with Crippen LogP contribution in [-0.2, 0) is 6.54 Å². The number of hydrogen-bond donors (Lipinski definition) is 5. The highest BCUT2D eigenvalue weighted by Gasteiger charge is 2.18. The maximum absolute atomic E-state index is 12.0. The Bertz CT molecular complexity index is 959. The summed E-state index contributed by atoms with van der Waals surface area (Å²) < 4.78 is 1.11. The molecule has 3 aromatic rings. The molecule has 3 rings (SSSR count). The lowest BCUT2D eigenvalue weighted by molar-refractivity contribution is 0.100. The second-order valence-corrected chi connectivity index (χ2v) is 7.50. The summed E-state index contributed by atoms with van der Waals surface area (Å²) in [6.07, 6.45) is 0. The van der Waals surface area contributed by atoms with E-state index in [0.717, 1.165) is 25.9 Å². The van der Waals surface area contributed by atoms with Gasteiger partial charge in [0.1, 0.15) is 17.1 Å². The van der Waals surface area contributed by atoms with Gasteiger partial charge < -0.3 is 21.5 Å². The highest BCUT2D eigenvalue weighted by molar-refractivity contribution is 14.1. The topological polar surface area (TPSA) is 116 Å². The van der Waals surface area contributed by atoms with Crippen molar-refractivity contribution in [2.24, 2.45) is 5.73 Å². The number of anilines is 3. The summed E-state index contributed by atoms with van der Waals surface area (Å²) in [5.41, 5.74) is 9.20. The number of benzene rings is 2. The smallest absolute Gasteiger partial charge is 0.256 e. The highest BCUT2D eigenvalue weighted by Crippen LogP contribution is 2.26. The number of hydrogen-bond acceptors (Lipinski definition) is 5. The molecule has 1 amide bonds. The monoisotopic (exact) mass is 477 g/mol. The predicted octanol–water partition coefficient (Wildman–Crippen LogP) is 3.79. The van der Waals surface area contributed by atoms with Crippen LogP contribution in [0, 0.1) is 17.4 Å². The molecule has 27 heavy (non-hydrogen) atoms. The van der Waals surface area contributed by atoms with Crippen LogP contribution in [0.15, 0.2) is 36.4 Å². The fraction of sp³-hybridized carbons (Fsp3) is 0.158. The zero-order valence-corrected chi connectivity index (χ0v) is 17.1. The number of aromatic amines is 1. The summed E-state index contributed by atoms with van der Waals surface area (Å²) in [5.74, 6) is 0.516. The second kappa shape index (κ2) is 7.87. The third-order valence-electron chi connectivity index (χ3n) is 4.14. The van der Waals surface area contributed by atoms with E-state index in [1.54, 1.807) is 0 Å². The molecule has 0 radical (unpaired) electrons.